The van der Waals surface area contributed by atoms with Crippen LogP contribution in [-0.2, 0) is 4.74 Å². The summed E-state index contributed by atoms with van der Waals surface area (Å²) < 4.78 is 5.44. The van der Waals surface area contributed by atoms with Gasteiger partial charge in [-0.1, -0.05) is 0 Å². The highest BCUT2D eigenvalue weighted by molar-refractivity contribution is 5.94. The quantitative estimate of drug-likeness (QED) is 0.822. The highest BCUT2D eigenvalue weighted by atomic mass is 16.5. The van der Waals surface area contributed by atoms with Crippen LogP contribution in [0, 0.1) is 0 Å². The average Bonchev–Trinajstić information content (AvgIpc) is 2.75. The third-order valence-corrected chi connectivity index (χ3v) is 5.28. The second-order valence-corrected chi connectivity index (χ2v) is 7.10. The fourth-order valence-electron chi connectivity index (χ4n) is 3.79. The number of carbonyl (C=O) groups excluding carboxylic acids is 1. The molecule has 1 atom stereocenters. The maximum atomic E-state index is 13.1. The van der Waals surface area contributed by atoms with Gasteiger partial charge in [0.25, 0.3) is 5.91 Å². The predicted octanol–water partition coefficient (Wildman–Crippen LogP) is 1.87. The predicted molar refractivity (Wildman–Crippen MR) is 101 cm³/mol. The molecule has 1 unspecified atom stereocenters. The van der Waals surface area contributed by atoms with E-state index in [1.54, 1.807) is 24.8 Å². The first-order valence-electron chi connectivity index (χ1n) is 9.65. The molecule has 0 radical (unpaired) electrons. The molecule has 2 aliphatic heterocycles. The van der Waals surface area contributed by atoms with Crippen LogP contribution in [0.25, 0.3) is 11.4 Å². The lowest BCUT2D eigenvalue weighted by Crippen LogP contribution is -2.51. The maximum Gasteiger partial charge on any atom is 0.257 e. The van der Waals surface area contributed by atoms with E-state index in [0.717, 1.165) is 57.8 Å². The minimum atomic E-state index is 0.0331. The zero-order chi connectivity index (χ0) is 18.5. The number of amides is 1. The summed E-state index contributed by atoms with van der Waals surface area (Å²) in [6.45, 7) is 5.18. The molecule has 0 bridgehead atoms. The van der Waals surface area contributed by atoms with E-state index in [0.29, 0.717) is 11.4 Å². The van der Waals surface area contributed by atoms with Crippen molar-refractivity contribution in [3.05, 3.63) is 42.5 Å². The Bertz CT molecular complexity index is 747. The Morgan fingerprint density at radius 1 is 1.11 bits per heavy atom. The van der Waals surface area contributed by atoms with Gasteiger partial charge in [-0.15, -0.1) is 0 Å². The van der Waals surface area contributed by atoms with Gasteiger partial charge in [-0.25, -0.2) is 9.97 Å². The molecule has 0 aliphatic carbocycles. The van der Waals surface area contributed by atoms with Crippen LogP contribution in [0.4, 0.5) is 0 Å². The number of likely N-dealkylation sites (tertiary alicyclic amines) is 1. The van der Waals surface area contributed by atoms with Crippen LogP contribution in [0.1, 0.15) is 29.6 Å². The van der Waals surface area contributed by atoms with Gasteiger partial charge in [0.05, 0.1) is 18.8 Å². The fourth-order valence-corrected chi connectivity index (χ4v) is 3.79. The molecule has 4 rings (SSSR count). The summed E-state index contributed by atoms with van der Waals surface area (Å²) >= 11 is 0. The Balaban J connectivity index is 1.46. The number of carbonyl (C=O) groups is 1. The molecule has 2 aromatic rings. The van der Waals surface area contributed by atoms with E-state index in [2.05, 4.69) is 19.9 Å². The number of pyridine rings is 1. The Morgan fingerprint density at radius 2 is 1.93 bits per heavy atom. The molecule has 0 spiro atoms. The number of rotatable bonds is 4. The van der Waals surface area contributed by atoms with Crippen LogP contribution in [0.15, 0.2) is 36.9 Å². The second kappa shape index (κ2) is 8.54. The molecule has 2 aromatic heterocycles. The Labute approximate surface area is 159 Å². The normalized spacial score (nSPS) is 21.2. The topological polar surface area (TPSA) is 71.5 Å². The molecule has 0 N–H and O–H groups in total. The van der Waals surface area contributed by atoms with E-state index >= 15 is 0 Å². The lowest BCUT2D eigenvalue weighted by Gasteiger charge is -2.39. The average molecular weight is 367 g/mol. The number of morpholine rings is 1. The first kappa shape index (κ1) is 18.0. The van der Waals surface area contributed by atoms with Gasteiger partial charge in [-0.3, -0.25) is 14.7 Å². The van der Waals surface area contributed by atoms with E-state index in [9.17, 15) is 4.79 Å². The van der Waals surface area contributed by atoms with Crippen LogP contribution in [0.2, 0.25) is 0 Å². The number of aromatic nitrogens is 3. The summed E-state index contributed by atoms with van der Waals surface area (Å²) in [7, 11) is 0. The highest BCUT2D eigenvalue weighted by Crippen LogP contribution is 2.21. The van der Waals surface area contributed by atoms with Gasteiger partial charge < -0.3 is 9.64 Å². The fraction of sp³-hybridized carbons (Fsp3) is 0.500. The van der Waals surface area contributed by atoms with Crippen molar-refractivity contribution in [1.82, 2.24) is 24.8 Å². The Kier molecular flexibility index (Phi) is 5.69. The van der Waals surface area contributed by atoms with Crippen LogP contribution >= 0.6 is 0 Å². The van der Waals surface area contributed by atoms with Gasteiger partial charge in [0, 0.05) is 62.6 Å². The van der Waals surface area contributed by atoms with E-state index in [1.807, 2.05) is 17.0 Å². The summed E-state index contributed by atoms with van der Waals surface area (Å²) in [5, 5.41) is 0. The van der Waals surface area contributed by atoms with Gasteiger partial charge >= 0.3 is 0 Å². The van der Waals surface area contributed by atoms with Gasteiger partial charge in [0.2, 0.25) is 0 Å². The van der Waals surface area contributed by atoms with Crippen molar-refractivity contribution in [3.63, 3.8) is 0 Å². The van der Waals surface area contributed by atoms with Crippen molar-refractivity contribution < 1.29 is 9.53 Å². The lowest BCUT2D eigenvalue weighted by atomic mass is 10.0. The largest absolute Gasteiger partial charge is 0.379 e. The van der Waals surface area contributed by atoms with Crippen molar-refractivity contribution in [2.75, 3.05) is 39.4 Å². The second-order valence-electron chi connectivity index (χ2n) is 7.10. The van der Waals surface area contributed by atoms with Crippen molar-refractivity contribution in [3.8, 4) is 11.4 Å². The molecule has 7 nitrogen and oxygen atoms in total. The summed E-state index contributed by atoms with van der Waals surface area (Å²) in [5.74, 6) is 0.619. The number of hydrogen-bond acceptors (Lipinski definition) is 6. The first-order valence-corrected chi connectivity index (χ1v) is 9.65. The molecule has 7 heteroatoms. The number of nitrogens with zero attached hydrogens (tertiary/aromatic N) is 5. The summed E-state index contributed by atoms with van der Waals surface area (Å²) in [6, 6.07) is 4.01. The molecule has 142 valence electrons. The molecule has 0 saturated carbocycles. The maximum absolute atomic E-state index is 13.1. The summed E-state index contributed by atoms with van der Waals surface area (Å²) in [5.41, 5.74) is 1.40. The van der Waals surface area contributed by atoms with Crippen LogP contribution in [-0.4, -0.2) is 76.1 Å². The van der Waals surface area contributed by atoms with Crippen LogP contribution in [0.3, 0.4) is 0 Å². The number of ether oxygens (including phenoxy) is 1. The molecule has 2 fully saturated rings. The van der Waals surface area contributed by atoms with Gasteiger partial charge in [0.1, 0.15) is 0 Å². The molecule has 0 aromatic carbocycles. The molecular weight excluding hydrogens is 342 g/mol. The SMILES string of the molecule is O=C(c1cnc(-c2cccnc2)nc1)N1CCCCC1CN1CCOCC1. The first-order chi connectivity index (χ1) is 13.3. The minimum Gasteiger partial charge on any atom is -0.379 e. The molecule has 4 heterocycles. The molecule has 2 aliphatic rings. The molecule has 27 heavy (non-hydrogen) atoms. The summed E-state index contributed by atoms with van der Waals surface area (Å²) in [4.78, 5) is 30.4. The van der Waals surface area contributed by atoms with E-state index in [-0.39, 0.29) is 11.9 Å². The van der Waals surface area contributed by atoms with Crippen molar-refractivity contribution in [2.24, 2.45) is 0 Å². The smallest absolute Gasteiger partial charge is 0.257 e. The molecular formula is C20H25N5O2. The molecule has 2 saturated heterocycles. The zero-order valence-electron chi connectivity index (χ0n) is 15.5. The standard InChI is InChI=1S/C20H25N5O2/c26-20(17-13-22-19(23-14-17)16-4-3-6-21-12-16)25-7-2-1-5-18(25)15-24-8-10-27-11-9-24/h3-4,6,12-14,18H,1-2,5,7-11,15H2. The van der Waals surface area contributed by atoms with E-state index in [4.69, 9.17) is 4.74 Å². The van der Waals surface area contributed by atoms with E-state index < -0.39 is 0 Å². The van der Waals surface area contributed by atoms with Crippen molar-refractivity contribution in [1.29, 1.82) is 0 Å². The van der Waals surface area contributed by atoms with Crippen molar-refractivity contribution in [2.45, 2.75) is 25.3 Å². The van der Waals surface area contributed by atoms with Gasteiger partial charge in [-0.05, 0) is 31.4 Å². The number of hydrogen-bond donors (Lipinski definition) is 0. The van der Waals surface area contributed by atoms with Crippen LogP contribution in [0.5, 0.6) is 0 Å². The van der Waals surface area contributed by atoms with Gasteiger partial charge in [0.15, 0.2) is 5.82 Å². The Hall–Kier alpha value is -2.38. The Morgan fingerprint density at radius 3 is 2.67 bits per heavy atom. The minimum absolute atomic E-state index is 0.0331. The van der Waals surface area contributed by atoms with Crippen molar-refractivity contribution >= 4 is 5.91 Å². The highest BCUT2D eigenvalue weighted by Gasteiger charge is 2.29. The summed E-state index contributed by atoms with van der Waals surface area (Å²) in [6.07, 6.45) is 10.00. The monoisotopic (exact) mass is 367 g/mol. The van der Waals surface area contributed by atoms with Crippen LogP contribution < -0.4 is 0 Å². The molecule has 1 amide bonds. The van der Waals surface area contributed by atoms with Gasteiger partial charge in [-0.2, -0.15) is 0 Å². The lowest BCUT2D eigenvalue weighted by molar-refractivity contribution is 0.0166. The third kappa shape index (κ3) is 4.31. The zero-order valence-corrected chi connectivity index (χ0v) is 15.5. The third-order valence-electron chi connectivity index (χ3n) is 5.28. The van der Waals surface area contributed by atoms with E-state index in [1.165, 1.54) is 6.42 Å². The number of piperidine rings is 1.